The van der Waals surface area contributed by atoms with E-state index >= 15 is 0 Å². The summed E-state index contributed by atoms with van der Waals surface area (Å²) in [6.45, 7) is 27.4. The smallest absolute Gasteiger partial charge is 0.827 e. The molecule has 0 bridgehead atoms. The van der Waals surface area contributed by atoms with Gasteiger partial charge in [-0.05, 0) is 17.8 Å². The molecule has 0 aromatic heterocycles. The summed E-state index contributed by atoms with van der Waals surface area (Å²) >= 11 is 0. The summed E-state index contributed by atoms with van der Waals surface area (Å²) < 4.78 is 0. The molecule has 4 atom stereocenters. The summed E-state index contributed by atoms with van der Waals surface area (Å²) in [5, 5.41) is 10.3. The number of hydrogen-bond acceptors (Lipinski definition) is 0. The molecule has 0 saturated carbocycles. The van der Waals surface area contributed by atoms with E-state index in [1.165, 1.54) is 27.8 Å². The molecule has 0 spiro atoms. The summed E-state index contributed by atoms with van der Waals surface area (Å²) in [5.74, 6) is 3.26. The molecule has 2 rings (SSSR count). The molecule has 1 nitrogen and oxygen atoms in total. The van der Waals surface area contributed by atoms with Crippen LogP contribution >= 0.6 is 0 Å². The second-order valence-electron chi connectivity index (χ2n) is 9.55. The number of rotatable bonds is 0. The van der Waals surface area contributed by atoms with Gasteiger partial charge in [0.2, 0.25) is 0 Å². The van der Waals surface area contributed by atoms with Crippen molar-refractivity contribution < 1.29 is 32.7 Å². The molecule has 0 amide bonds. The maximum absolute atomic E-state index is 10.3. The van der Waals surface area contributed by atoms with Crippen molar-refractivity contribution in [1.82, 2.24) is 0 Å². The molecule has 1 aromatic carbocycles. The normalized spacial score (nSPS) is 27.0. The maximum atomic E-state index is 10.3. The Morgan fingerprint density at radius 1 is 0.655 bits per heavy atom. The molecule has 1 fully saturated rings. The van der Waals surface area contributed by atoms with Gasteiger partial charge in [0.1, 0.15) is 13.4 Å². The van der Waals surface area contributed by atoms with Gasteiger partial charge in [-0.2, -0.15) is 33.9 Å². The average molecular weight is 469 g/mol. The van der Waals surface area contributed by atoms with Crippen LogP contribution in [0.5, 0.6) is 0 Å². The van der Waals surface area contributed by atoms with Gasteiger partial charge in [-0.1, -0.05) is 94.5 Å². The van der Waals surface area contributed by atoms with Gasteiger partial charge in [0.25, 0.3) is 0 Å². The molecule has 29 heavy (non-hydrogen) atoms. The van der Waals surface area contributed by atoms with Gasteiger partial charge in [-0.3, -0.25) is 5.51 Å². The summed E-state index contributed by atoms with van der Waals surface area (Å²) in [7, 11) is 0. The summed E-state index contributed by atoms with van der Waals surface area (Å²) in [5.41, 5.74) is 7.47. The molecular formula is C25H44B2NY. The summed E-state index contributed by atoms with van der Waals surface area (Å²) in [6.07, 6.45) is 0. The van der Waals surface area contributed by atoms with Crippen molar-refractivity contribution in [3.63, 3.8) is 0 Å². The summed E-state index contributed by atoms with van der Waals surface area (Å²) in [4.78, 5) is 0. The number of aryl methyl sites for hydroxylation is 2. The van der Waals surface area contributed by atoms with Crippen molar-refractivity contribution >= 4 is 18.9 Å². The standard InChI is InChI=1S/C13H26B2N.C11H15.CH3.Y/c1-8-9(2)11(4)14(6)13(16)15(7)12(5)10(8)3;1-7-6-8(2)10(4)11(5)9(7)3;;/h8-12H,1-7H3;1-5H3;1H3;/q3*-1;+3. The van der Waals surface area contributed by atoms with Crippen molar-refractivity contribution in [2.45, 2.75) is 94.5 Å². The molecular weight excluding hydrogens is 425 g/mol. The second-order valence-corrected chi connectivity index (χ2v) is 9.55. The Morgan fingerprint density at radius 2 is 0.966 bits per heavy atom. The molecule has 4 heteroatoms. The Bertz CT molecular complexity index is 623. The van der Waals surface area contributed by atoms with Crippen molar-refractivity contribution in [3.05, 3.63) is 46.7 Å². The molecule has 1 saturated heterocycles. The van der Waals surface area contributed by atoms with Crippen LogP contribution in [0.2, 0.25) is 25.3 Å². The first kappa shape index (κ1) is 31.3. The predicted molar refractivity (Wildman–Crippen MR) is 133 cm³/mol. The first-order chi connectivity index (χ1) is 12.3. The average Bonchev–Trinajstić information content (AvgIpc) is 2.65. The SMILES string of the molecule is CB1C(=[N-])B(C)C(C)C(C)C(C)C(C)C1C.Cc1[c-]c(C)c(C)c(C)c1C.[CH3-].[Y+3]. The maximum Gasteiger partial charge on any atom is 3.00 e. The van der Waals surface area contributed by atoms with Crippen LogP contribution in [-0.2, 0) is 32.7 Å². The number of hydrogen-bond donors (Lipinski definition) is 0. The molecule has 1 aliphatic heterocycles. The van der Waals surface area contributed by atoms with E-state index in [0.29, 0.717) is 36.9 Å². The Balaban J connectivity index is 0. The first-order valence-electron chi connectivity index (χ1n) is 10.8. The van der Waals surface area contributed by atoms with E-state index in [1.54, 1.807) is 0 Å². The molecule has 1 heterocycles. The first-order valence-corrected chi connectivity index (χ1v) is 10.8. The van der Waals surface area contributed by atoms with Gasteiger partial charge >= 0.3 is 32.7 Å². The Morgan fingerprint density at radius 3 is 1.28 bits per heavy atom. The zero-order valence-electron chi connectivity index (χ0n) is 21.6. The van der Waals surface area contributed by atoms with Crippen molar-refractivity contribution in [1.29, 1.82) is 0 Å². The van der Waals surface area contributed by atoms with E-state index in [0.717, 1.165) is 11.4 Å². The minimum atomic E-state index is 0. The summed E-state index contributed by atoms with van der Waals surface area (Å²) in [6, 6.07) is 3.35. The van der Waals surface area contributed by atoms with E-state index in [4.69, 9.17) is 0 Å². The van der Waals surface area contributed by atoms with Gasteiger partial charge < -0.3 is 12.8 Å². The van der Waals surface area contributed by atoms with Crippen LogP contribution in [0, 0.1) is 65.9 Å². The molecule has 0 radical (unpaired) electrons. The van der Waals surface area contributed by atoms with E-state index < -0.39 is 0 Å². The minimum Gasteiger partial charge on any atom is -0.827 e. The van der Waals surface area contributed by atoms with Crippen LogP contribution < -0.4 is 0 Å². The van der Waals surface area contributed by atoms with Crippen LogP contribution in [0.25, 0.3) is 5.41 Å². The second kappa shape index (κ2) is 12.9. The molecule has 0 N–H and O–H groups in total. The predicted octanol–water partition coefficient (Wildman–Crippen LogP) is 7.50. The van der Waals surface area contributed by atoms with Crippen LogP contribution in [0.4, 0.5) is 0 Å². The van der Waals surface area contributed by atoms with Crippen LogP contribution in [0.3, 0.4) is 0 Å². The topological polar surface area (TPSA) is 22.3 Å². The Kier molecular flexibility index (Phi) is 13.9. The Labute approximate surface area is 209 Å². The largest absolute Gasteiger partial charge is 3.00 e. The van der Waals surface area contributed by atoms with E-state index in [1.807, 2.05) is 0 Å². The fourth-order valence-corrected chi connectivity index (χ4v) is 4.61. The fourth-order valence-electron chi connectivity index (χ4n) is 4.61. The molecule has 1 aromatic rings. The van der Waals surface area contributed by atoms with Crippen molar-refractivity contribution in [2.75, 3.05) is 0 Å². The third kappa shape index (κ3) is 7.06. The Hall–Kier alpha value is 0.124. The minimum absolute atomic E-state index is 0. The monoisotopic (exact) mass is 469 g/mol. The number of benzene rings is 1. The van der Waals surface area contributed by atoms with E-state index in [-0.39, 0.29) is 40.1 Å². The third-order valence-electron chi connectivity index (χ3n) is 8.45. The van der Waals surface area contributed by atoms with Crippen molar-refractivity contribution in [2.24, 2.45) is 17.8 Å². The van der Waals surface area contributed by atoms with Gasteiger partial charge in [-0.25, -0.2) is 0 Å². The molecule has 158 valence electrons. The quantitative estimate of drug-likeness (QED) is 0.277. The van der Waals surface area contributed by atoms with Crippen LogP contribution in [0.15, 0.2) is 0 Å². The molecule has 1 aliphatic rings. The van der Waals surface area contributed by atoms with Crippen molar-refractivity contribution in [3.8, 4) is 0 Å². The zero-order valence-corrected chi connectivity index (χ0v) is 24.4. The molecule has 4 unspecified atom stereocenters. The molecule has 0 aliphatic carbocycles. The van der Waals surface area contributed by atoms with Gasteiger partial charge in [0.05, 0.1) is 0 Å². The fraction of sp³-hybridized carbons (Fsp3) is 0.680. The van der Waals surface area contributed by atoms with Gasteiger partial charge in [0.15, 0.2) is 0 Å². The van der Waals surface area contributed by atoms with Crippen LogP contribution in [-0.4, -0.2) is 18.9 Å². The van der Waals surface area contributed by atoms with Gasteiger partial charge in [0, 0.05) is 0 Å². The van der Waals surface area contributed by atoms with Crippen LogP contribution in [0.1, 0.15) is 62.4 Å². The van der Waals surface area contributed by atoms with E-state index in [2.05, 4.69) is 88.9 Å². The third-order valence-corrected chi connectivity index (χ3v) is 8.45. The number of nitrogens with zero attached hydrogens (tertiary/aromatic N) is 1. The van der Waals surface area contributed by atoms with E-state index in [9.17, 15) is 5.41 Å². The zero-order chi connectivity index (χ0) is 21.2. The van der Waals surface area contributed by atoms with Gasteiger partial charge in [-0.15, -0.1) is 0 Å².